The van der Waals surface area contributed by atoms with Gasteiger partial charge in [-0.1, -0.05) is 18.1 Å². The molecular formula is C10H16N4O. The first-order valence-electron chi connectivity index (χ1n) is 5.45. The quantitative estimate of drug-likeness (QED) is 0.736. The second-order valence-corrected chi connectivity index (χ2v) is 4.00. The zero-order chi connectivity index (χ0) is 10.7. The van der Waals surface area contributed by atoms with Gasteiger partial charge in [0.1, 0.15) is 5.69 Å². The van der Waals surface area contributed by atoms with Crippen molar-refractivity contribution in [3.05, 3.63) is 11.9 Å². The van der Waals surface area contributed by atoms with Crippen molar-refractivity contribution in [3.8, 4) is 0 Å². The predicted octanol–water partition coefficient (Wildman–Crippen LogP) is 0.610. The van der Waals surface area contributed by atoms with Crippen LogP contribution in [0.5, 0.6) is 0 Å². The molecule has 1 aromatic heterocycles. The number of nitrogens with zero attached hydrogens (tertiary/aromatic N) is 3. The molecule has 1 heterocycles. The van der Waals surface area contributed by atoms with E-state index in [1.54, 1.807) is 10.9 Å². The van der Waals surface area contributed by atoms with E-state index in [1.165, 1.54) is 0 Å². The van der Waals surface area contributed by atoms with Crippen LogP contribution < -0.4 is 5.73 Å². The van der Waals surface area contributed by atoms with Crippen molar-refractivity contribution in [2.24, 2.45) is 11.7 Å². The second-order valence-electron chi connectivity index (χ2n) is 4.00. The molecule has 0 unspecified atom stereocenters. The zero-order valence-electron chi connectivity index (χ0n) is 8.72. The first-order valence-corrected chi connectivity index (χ1v) is 5.45. The van der Waals surface area contributed by atoms with Crippen LogP contribution in [0.4, 0.5) is 0 Å². The van der Waals surface area contributed by atoms with E-state index in [-0.39, 0.29) is 11.7 Å². The fourth-order valence-corrected chi connectivity index (χ4v) is 2.05. The molecule has 5 nitrogen and oxygen atoms in total. The standard InChI is InChI=1S/C10H16N4O/c11-5-6-14-7-9(12-13-14)10(15)8-3-1-2-4-8/h7-8H,1-6,11H2. The molecule has 1 fully saturated rings. The Morgan fingerprint density at radius 3 is 2.93 bits per heavy atom. The largest absolute Gasteiger partial charge is 0.329 e. The monoisotopic (exact) mass is 208 g/mol. The van der Waals surface area contributed by atoms with Crippen molar-refractivity contribution in [1.29, 1.82) is 0 Å². The molecule has 82 valence electrons. The molecule has 0 atom stereocenters. The van der Waals surface area contributed by atoms with Crippen LogP contribution in [0, 0.1) is 5.92 Å². The average Bonchev–Trinajstić information content (AvgIpc) is 2.87. The summed E-state index contributed by atoms with van der Waals surface area (Å²) in [6, 6.07) is 0. The smallest absolute Gasteiger partial charge is 0.187 e. The molecule has 1 aliphatic carbocycles. The van der Waals surface area contributed by atoms with Gasteiger partial charge in [-0.2, -0.15) is 0 Å². The summed E-state index contributed by atoms with van der Waals surface area (Å²) >= 11 is 0. The molecule has 5 heteroatoms. The Kier molecular flexibility index (Phi) is 3.11. The third-order valence-corrected chi connectivity index (χ3v) is 2.88. The van der Waals surface area contributed by atoms with E-state index in [0.29, 0.717) is 18.8 Å². The van der Waals surface area contributed by atoms with Crippen molar-refractivity contribution < 1.29 is 4.79 Å². The topological polar surface area (TPSA) is 73.8 Å². The van der Waals surface area contributed by atoms with Crippen LogP contribution in [-0.2, 0) is 6.54 Å². The highest BCUT2D eigenvalue weighted by Crippen LogP contribution is 2.27. The molecule has 1 aliphatic rings. The molecule has 15 heavy (non-hydrogen) atoms. The summed E-state index contributed by atoms with van der Waals surface area (Å²) < 4.78 is 1.63. The molecule has 0 bridgehead atoms. The van der Waals surface area contributed by atoms with Crippen LogP contribution in [-0.4, -0.2) is 27.3 Å². The van der Waals surface area contributed by atoms with Gasteiger partial charge >= 0.3 is 0 Å². The molecule has 2 N–H and O–H groups in total. The van der Waals surface area contributed by atoms with Crippen LogP contribution in [0.15, 0.2) is 6.20 Å². The van der Waals surface area contributed by atoms with E-state index in [2.05, 4.69) is 10.3 Å². The van der Waals surface area contributed by atoms with Gasteiger partial charge in [0, 0.05) is 12.5 Å². The minimum atomic E-state index is 0.149. The maximum atomic E-state index is 11.9. The number of ketones is 1. The number of hydrogen-bond donors (Lipinski definition) is 1. The van der Waals surface area contributed by atoms with Gasteiger partial charge in [0.15, 0.2) is 5.78 Å². The number of carbonyl (C=O) groups is 1. The van der Waals surface area contributed by atoms with Crippen LogP contribution in [0.1, 0.15) is 36.2 Å². The minimum absolute atomic E-state index is 0.149. The minimum Gasteiger partial charge on any atom is -0.329 e. The first kappa shape index (κ1) is 10.3. The lowest BCUT2D eigenvalue weighted by molar-refractivity contribution is 0.0917. The molecule has 0 spiro atoms. The van der Waals surface area contributed by atoms with Gasteiger partial charge in [0.05, 0.1) is 12.7 Å². The lowest BCUT2D eigenvalue weighted by atomic mass is 10.0. The molecule has 1 saturated carbocycles. The van der Waals surface area contributed by atoms with Crippen molar-refractivity contribution in [1.82, 2.24) is 15.0 Å². The summed E-state index contributed by atoms with van der Waals surface area (Å²) in [5.74, 6) is 0.323. The number of aromatic nitrogens is 3. The van der Waals surface area contributed by atoms with Gasteiger partial charge < -0.3 is 5.73 Å². The van der Waals surface area contributed by atoms with Crippen molar-refractivity contribution in [2.75, 3.05) is 6.54 Å². The third kappa shape index (κ3) is 2.23. The third-order valence-electron chi connectivity index (χ3n) is 2.88. The van der Waals surface area contributed by atoms with Gasteiger partial charge in [-0.05, 0) is 12.8 Å². The zero-order valence-corrected chi connectivity index (χ0v) is 8.72. The Hall–Kier alpha value is -1.23. The summed E-state index contributed by atoms with van der Waals surface area (Å²) in [7, 11) is 0. The lowest BCUT2D eigenvalue weighted by Gasteiger charge is -2.03. The van der Waals surface area contributed by atoms with Crippen molar-refractivity contribution in [2.45, 2.75) is 32.2 Å². The van der Waals surface area contributed by atoms with E-state index in [1.807, 2.05) is 0 Å². The second kappa shape index (κ2) is 4.53. The Bertz CT molecular complexity index is 341. The van der Waals surface area contributed by atoms with Crippen molar-refractivity contribution in [3.63, 3.8) is 0 Å². The van der Waals surface area contributed by atoms with Crippen LogP contribution >= 0.6 is 0 Å². The number of nitrogens with two attached hydrogens (primary N) is 1. The highest BCUT2D eigenvalue weighted by atomic mass is 16.1. The fourth-order valence-electron chi connectivity index (χ4n) is 2.05. The first-order chi connectivity index (χ1) is 7.31. The van der Waals surface area contributed by atoms with E-state index in [9.17, 15) is 4.79 Å². The molecule has 0 aliphatic heterocycles. The van der Waals surface area contributed by atoms with Crippen molar-refractivity contribution >= 4 is 5.78 Å². The molecular weight excluding hydrogens is 192 g/mol. The number of carbonyl (C=O) groups excluding carboxylic acids is 1. The number of hydrogen-bond acceptors (Lipinski definition) is 4. The highest BCUT2D eigenvalue weighted by molar-refractivity contribution is 5.95. The Balaban J connectivity index is 2.04. The number of rotatable bonds is 4. The predicted molar refractivity (Wildman–Crippen MR) is 55.4 cm³/mol. The highest BCUT2D eigenvalue weighted by Gasteiger charge is 2.25. The average molecular weight is 208 g/mol. The summed E-state index contributed by atoms with van der Waals surface area (Å²) in [5, 5.41) is 7.75. The normalized spacial score (nSPS) is 17.1. The van der Waals surface area contributed by atoms with E-state index < -0.39 is 0 Å². The maximum Gasteiger partial charge on any atom is 0.187 e. The molecule has 0 amide bonds. The van der Waals surface area contributed by atoms with E-state index in [0.717, 1.165) is 25.7 Å². The lowest BCUT2D eigenvalue weighted by Crippen LogP contribution is -2.12. The molecule has 0 aromatic carbocycles. The maximum absolute atomic E-state index is 11.9. The molecule has 2 rings (SSSR count). The SMILES string of the molecule is NCCn1cc(C(=O)C2CCCC2)nn1. The summed E-state index contributed by atoms with van der Waals surface area (Å²) in [5.41, 5.74) is 5.89. The molecule has 0 radical (unpaired) electrons. The Morgan fingerprint density at radius 1 is 1.53 bits per heavy atom. The van der Waals surface area contributed by atoms with Gasteiger partial charge in [0.2, 0.25) is 0 Å². The van der Waals surface area contributed by atoms with Gasteiger partial charge in [-0.15, -0.1) is 5.10 Å². The summed E-state index contributed by atoms with van der Waals surface area (Å²) in [4.78, 5) is 11.9. The van der Waals surface area contributed by atoms with E-state index >= 15 is 0 Å². The fraction of sp³-hybridized carbons (Fsp3) is 0.700. The molecule has 0 saturated heterocycles. The van der Waals surface area contributed by atoms with Crippen LogP contribution in [0.3, 0.4) is 0 Å². The van der Waals surface area contributed by atoms with Crippen LogP contribution in [0.2, 0.25) is 0 Å². The summed E-state index contributed by atoms with van der Waals surface area (Å²) in [6.07, 6.45) is 6.03. The Labute approximate surface area is 88.6 Å². The van der Waals surface area contributed by atoms with Gasteiger partial charge in [-0.25, -0.2) is 0 Å². The number of Topliss-reactive ketones (excluding diaryl/α,β-unsaturated/α-hetero) is 1. The molecule has 1 aromatic rings. The van der Waals surface area contributed by atoms with Crippen LogP contribution in [0.25, 0.3) is 0 Å². The van der Waals surface area contributed by atoms with Gasteiger partial charge in [0.25, 0.3) is 0 Å². The van der Waals surface area contributed by atoms with Gasteiger partial charge in [-0.3, -0.25) is 9.48 Å². The van der Waals surface area contributed by atoms with E-state index in [4.69, 9.17) is 5.73 Å². The summed E-state index contributed by atoms with van der Waals surface area (Å²) in [6.45, 7) is 1.13. The Morgan fingerprint density at radius 2 is 2.27 bits per heavy atom.